The van der Waals surface area contributed by atoms with Crippen LogP contribution in [0.5, 0.6) is 0 Å². The van der Waals surface area contributed by atoms with Crippen molar-refractivity contribution < 1.29 is 29.0 Å². The lowest BCUT2D eigenvalue weighted by Crippen LogP contribution is -2.26. The number of aromatic nitrogens is 1. The van der Waals surface area contributed by atoms with Crippen molar-refractivity contribution in [3.8, 4) is 0 Å². The molecule has 2 rings (SSSR count). The normalized spacial score (nSPS) is 15.1. The number of rotatable bonds is 5. The molecule has 1 aromatic carbocycles. The van der Waals surface area contributed by atoms with Crippen LogP contribution in [-0.4, -0.2) is 17.6 Å². The molecule has 9 heteroatoms. The van der Waals surface area contributed by atoms with Gasteiger partial charge in [-0.25, -0.2) is 4.79 Å². The Hall–Kier alpha value is -2.03. The lowest BCUT2D eigenvalue weighted by Gasteiger charge is -2.40. The molecule has 0 aliphatic rings. The first-order valence-corrected chi connectivity index (χ1v) is 10.1. The van der Waals surface area contributed by atoms with Crippen molar-refractivity contribution in [1.82, 2.24) is 4.57 Å². The Labute approximate surface area is 154 Å². The Morgan fingerprint density at radius 2 is 1.59 bits per heavy atom. The highest BCUT2D eigenvalue weighted by Crippen LogP contribution is 3.02. The van der Waals surface area contributed by atoms with Crippen molar-refractivity contribution in [2.75, 3.05) is 7.11 Å². The highest BCUT2D eigenvalue weighted by Gasteiger charge is 2.67. The maximum atomic E-state index is 13.7. The van der Waals surface area contributed by atoms with Crippen molar-refractivity contribution >= 4 is 16.2 Å². The smallest absolute Gasteiger partial charge is 0.355 e. The van der Waals surface area contributed by atoms with Crippen LogP contribution < -0.4 is 0 Å². The summed E-state index contributed by atoms with van der Waals surface area (Å²) in [7, 11) is -9.02. The van der Waals surface area contributed by atoms with E-state index < -0.39 is 37.9 Å². The molecule has 0 aliphatic carbocycles. The highest BCUT2D eigenvalue weighted by molar-refractivity contribution is 8.45. The fraction of sp³-hybridized carbons (Fsp3) is 0.389. The summed E-state index contributed by atoms with van der Waals surface area (Å²) < 4.78 is 74.1. The van der Waals surface area contributed by atoms with E-state index in [0.29, 0.717) is 11.8 Å². The molecular weight excluding hydrogens is 389 g/mol. The SMILES string of the molecule is COC(=O)c1c(CCc2ccccc2)c(S(F)(F)(F)(F)F)cn1C(C)(C)C. The van der Waals surface area contributed by atoms with Gasteiger partial charge in [-0.1, -0.05) is 49.8 Å². The van der Waals surface area contributed by atoms with Crippen LogP contribution in [0.3, 0.4) is 0 Å². The van der Waals surface area contributed by atoms with Crippen molar-refractivity contribution in [1.29, 1.82) is 0 Å². The molecule has 0 spiro atoms. The Balaban J connectivity index is 2.73. The summed E-state index contributed by atoms with van der Waals surface area (Å²) in [5.41, 5.74) is -1.60. The van der Waals surface area contributed by atoms with Crippen LogP contribution in [0.4, 0.5) is 19.4 Å². The van der Waals surface area contributed by atoms with Crippen molar-refractivity contribution in [2.24, 2.45) is 0 Å². The summed E-state index contributed by atoms with van der Waals surface area (Å²) in [6.45, 7) is 4.57. The van der Waals surface area contributed by atoms with Gasteiger partial charge in [-0.05, 0) is 39.2 Å². The number of halogens is 5. The number of hydrogen-bond donors (Lipinski definition) is 0. The van der Waals surface area contributed by atoms with Crippen LogP contribution in [-0.2, 0) is 23.1 Å². The van der Waals surface area contributed by atoms with E-state index in [9.17, 15) is 24.2 Å². The second-order valence-electron chi connectivity index (χ2n) is 7.31. The molecule has 0 bridgehead atoms. The first-order chi connectivity index (χ1) is 12.0. The average molecular weight is 411 g/mol. The van der Waals surface area contributed by atoms with Crippen LogP contribution in [0.25, 0.3) is 0 Å². The van der Waals surface area contributed by atoms with E-state index in [1.54, 1.807) is 30.3 Å². The topological polar surface area (TPSA) is 31.2 Å². The largest absolute Gasteiger partial charge is 0.464 e. The lowest BCUT2D eigenvalue weighted by molar-refractivity contribution is 0.0580. The number of carbonyl (C=O) groups excluding carboxylic acids is 1. The van der Waals surface area contributed by atoms with Gasteiger partial charge in [0.05, 0.1) is 7.11 Å². The zero-order valence-electron chi connectivity index (χ0n) is 15.4. The third-order valence-electron chi connectivity index (χ3n) is 4.09. The monoisotopic (exact) mass is 411 g/mol. The Morgan fingerprint density at radius 3 is 2.04 bits per heavy atom. The van der Waals surface area contributed by atoms with E-state index in [-0.39, 0.29) is 12.8 Å². The van der Waals surface area contributed by atoms with E-state index in [2.05, 4.69) is 4.74 Å². The van der Waals surface area contributed by atoms with Gasteiger partial charge < -0.3 is 9.30 Å². The summed E-state index contributed by atoms with van der Waals surface area (Å²) in [5.74, 6) is -1.08. The van der Waals surface area contributed by atoms with Crippen LogP contribution in [0.1, 0.15) is 42.4 Å². The molecule has 0 saturated carbocycles. The quantitative estimate of drug-likeness (QED) is 0.417. The van der Waals surface area contributed by atoms with Gasteiger partial charge in [-0.15, -0.1) is 0 Å². The van der Waals surface area contributed by atoms with Crippen molar-refractivity contribution in [3.63, 3.8) is 0 Å². The summed E-state index contributed by atoms with van der Waals surface area (Å²) in [6.07, 6.45) is 0.0342. The van der Waals surface area contributed by atoms with Gasteiger partial charge in [0.2, 0.25) is 0 Å². The fourth-order valence-corrected chi connectivity index (χ4v) is 3.83. The summed E-state index contributed by atoms with van der Waals surface area (Å²) >= 11 is 0. The molecule has 0 aliphatic heterocycles. The van der Waals surface area contributed by atoms with Crippen molar-refractivity contribution in [3.05, 3.63) is 53.3 Å². The minimum atomic E-state index is -10.0. The molecule has 1 heterocycles. The molecular formula is C18H22F5NO2S. The standard InChI is InChI=1S/C18H22F5NO2S/c1-18(2,3)24-12-15(27(19,20,21,22)23)14(16(24)17(25)26-4)11-10-13-8-6-5-7-9-13/h5-9,12H,10-11H2,1-4H3. The molecule has 3 nitrogen and oxygen atoms in total. The number of benzene rings is 1. The predicted molar refractivity (Wildman–Crippen MR) is 96.0 cm³/mol. The summed E-state index contributed by atoms with van der Waals surface area (Å²) in [6, 6.07) is 8.49. The molecule has 0 N–H and O–H groups in total. The molecule has 0 atom stereocenters. The van der Waals surface area contributed by atoms with E-state index in [4.69, 9.17) is 0 Å². The van der Waals surface area contributed by atoms with Crippen molar-refractivity contribution in [2.45, 2.75) is 44.0 Å². The second-order valence-corrected chi connectivity index (χ2v) is 9.69. The summed E-state index contributed by atoms with van der Waals surface area (Å²) in [4.78, 5) is 10.2. The van der Waals surface area contributed by atoms with E-state index >= 15 is 0 Å². The maximum Gasteiger partial charge on any atom is 0.355 e. The Morgan fingerprint density at radius 1 is 1.04 bits per heavy atom. The molecule has 27 heavy (non-hydrogen) atoms. The summed E-state index contributed by atoms with van der Waals surface area (Å²) in [5, 5.41) is 0. The minimum absolute atomic E-state index is 0.0693. The fourth-order valence-electron chi connectivity index (χ4n) is 2.86. The second kappa shape index (κ2) is 5.98. The highest BCUT2D eigenvalue weighted by atomic mass is 32.5. The van der Waals surface area contributed by atoms with E-state index in [1.807, 2.05) is 0 Å². The average Bonchev–Trinajstić information content (AvgIpc) is 2.92. The van der Waals surface area contributed by atoms with Gasteiger partial charge in [-0.2, -0.15) is 0 Å². The maximum absolute atomic E-state index is 13.7. The number of carbonyl (C=O) groups is 1. The molecule has 0 amide bonds. The number of nitrogens with zero attached hydrogens (tertiary/aromatic N) is 1. The van der Waals surface area contributed by atoms with Crippen LogP contribution in [0.2, 0.25) is 0 Å². The number of aryl methyl sites for hydroxylation is 1. The third kappa shape index (κ3) is 4.82. The van der Waals surface area contributed by atoms with Crippen LogP contribution in [0.15, 0.2) is 41.4 Å². The van der Waals surface area contributed by atoms with Gasteiger partial charge >= 0.3 is 16.2 Å². The molecule has 0 fully saturated rings. The van der Waals surface area contributed by atoms with Crippen LogP contribution in [0, 0.1) is 0 Å². The molecule has 2 aromatic rings. The first-order valence-electron chi connectivity index (χ1n) is 8.15. The number of ether oxygens (including phenoxy) is 1. The van der Waals surface area contributed by atoms with Crippen LogP contribution >= 0.6 is 10.2 Å². The third-order valence-corrected chi connectivity index (χ3v) is 5.28. The van der Waals surface area contributed by atoms with Gasteiger partial charge in [0.15, 0.2) is 0 Å². The zero-order valence-corrected chi connectivity index (χ0v) is 16.3. The molecule has 0 unspecified atom stereocenters. The Bertz CT molecular complexity index is 852. The number of esters is 1. The minimum Gasteiger partial charge on any atom is -0.464 e. The molecule has 0 saturated heterocycles. The molecule has 152 valence electrons. The predicted octanol–water partition coefficient (Wildman–Crippen LogP) is 6.47. The van der Waals surface area contributed by atoms with E-state index in [0.717, 1.165) is 11.7 Å². The number of methoxy groups -OCH3 is 1. The number of hydrogen-bond acceptors (Lipinski definition) is 2. The van der Waals surface area contributed by atoms with Gasteiger partial charge in [0.1, 0.15) is 10.6 Å². The van der Waals surface area contributed by atoms with Gasteiger partial charge in [-0.3, -0.25) is 0 Å². The van der Waals surface area contributed by atoms with Gasteiger partial charge in [0.25, 0.3) is 0 Å². The Kier molecular flexibility index (Phi) is 4.72. The first kappa shape index (κ1) is 21.3. The van der Waals surface area contributed by atoms with Gasteiger partial charge in [0, 0.05) is 17.3 Å². The zero-order chi connectivity index (χ0) is 20.7. The van der Waals surface area contributed by atoms with E-state index in [1.165, 1.54) is 20.8 Å². The molecule has 1 aromatic heterocycles. The molecule has 0 radical (unpaired) electrons. The lowest BCUT2D eigenvalue weighted by atomic mass is 10.0.